The smallest absolute Gasteiger partial charge is 0.370 e. The molecule has 0 aliphatic carbocycles. The molecule has 2 rings (SSSR count). The van der Waals surface area contributed by atoms with E-state index < -0.39 is 33.6 Å². The number of sulfonamides is 1. The van der Waals surface area contributed by atoms with Crippen molar-refractivity contribution in [3.8, 4) is 12.3 Å². The average molecular weight is 484 g/mol. The first kappa shape index (κ1) is 25.7. The molecule has 0 unspecified atom stereocenters. The van der Waals surface area contributed by atoms with Crippen LogP contribution in [0.5, 0.6) is 0 Å². The third-order valence-electron chi connectivity index (χ3n) is 4.04. The lowest BCUT2D eigenvalue weighted by molar-refractivity contribution is -0.141. The van der Waals surface area contributed by atoms with Crippen molar-refractivity contribution in [2.45, 2.75) is 19.6 Å². The number of carbonyl (C=O) groups is 1. The predicted molar refractivity (Wildman–Crippen MR) is 117 cm³/mol. The van der Waals surface area contributed by atoms with E-state index in [0.717, 1.165) is 24.5 Å². The van der Waals surface area contributed by atoms with Gasteiger partial charge in [0, 0.05) is 24.7 Å². The molecule has 0 atom stereocenters. The van der Waals surface area contributed by atoms with Gasteiger partial charge in [0.15, 0.2) is 0 Å². The first-order valence-corrected chi connectivity index (χ1v) is 11.3. The Morgan fingerprint density at radius 3 is 2.55 bits per heavy atom. The van der Waals surface area contributed by atoms with Crippen LogP contribution in [-0.2, 0) is 27.5 Å². The summed E-state index contributed by atoms with van der Waals surface area (Å²) < 4.78 is 77.6. The van der Waals surface area contributed by atoms with Crippen molar-refractivity contribution in [1.29, 1.82) is 0 Å². The van der Waals surface area contributed by atoms with Crippen LogP contribution < -0.4 is 15.4 Å². The van der Waals surface area contributed by atoms with Crippen molar-refractivity contribution in [1.82, 2.24) is 10.3 Å². The van der Waals surface area contributed by atoms with Crippen molar-refractivity contribution in [2.75, 3.05) is 22.8 Å². The zero-order valence-electron chi connectivity index (χ0n) is 17.5. The number of aromatic nitrogens is 1. The summed E-state index contributed by atoms with van der Waals surface area (Å²) in [5.74, 6) is 0.616. The number of nitrogens with one attached hydrogen (secondary N) is 3. The fourth-order valence-corrected chi connectivity index (χ4v) is 3.23. The minimum Gasteiger partial charge on any atom is -0.370 e. The van der Waals surface area contributed by atoms with E-state index in [4.69, 9.17) is 6.42 Å². The second-order valence-electron chi connectivity index (χ2n) is 6.73. The minimum atomic E-state index is -4.61. The normalized spacial score (nSPS) is 11.8. The molecular weight excluding hydrogens is 464 g/mol. The number of alkyl halides is 3. The lowest BCUT2D eigenvalue weighted by Crippen LogP contribution is -2.21. The van der Waals surface area contributed by atoms with Gasteiger partial charge < -0.3 is 10.6 Å². The molecule has 1 amide bonds. The van der Waals surface area contributed by atoms with E-state index in [0.29, 0.717) is 6.54 Å². The fourth-order valence-electron chi connectivity index (χ4n) is 2.65. The molecule has 12 heteroatoms. The molecule has 0 aliphatic rings. The van der Waals surface area contributed by atoms with Crippen LogP contribution in [0.15, 0.2) is 30.3 Å². The lowest BCUT2D eigenvalue weighted by atomic mass is 10.1. The number of pyridine rings is 1. The number of nitrogens with zero attached hydrogens (tertiary/aromatic N) is 1. The van der Waals surface area contributed by atoms with Gasteiger partial charge >= 0.3 is 6.18 Å². The van der Waals surface area contributed by atoms with Gasteiger partial charge in [0.05, 0.1) is 17.5 Å². The summed E-state index contributed by atoms with van der Waals surface area (Å²) in [5, 5.41) is 5.19. The standard InChI is InChI=1S/C21H20F4N4O3S/c1-4-14-10-13(11-16(22)19(14)29-33(3,31)32)12-27-18(30)9-7-15-6-8-17(21(23,24)25)28-20(15)26-5-2/h1,6-11,29H,5,12H2,2-3H3,(H,26,28)(H,27,30). The van der Waals surface area contributed by atoms with E-state index in [1.807, 2.05) is 4.72 Å². The highest BCUT2D eigenvalue weighted by molar-refractivity contribution is 7.92. The number of carbonyl (C=O) groups excluding carboxylic acids is 1. The molecule has 1 aromatic heterocycles. The van der Waals surface area contributed by atoms with Crippen LogP contribution in [0.25, 0.3) is 6.08 Å². The third kappa shape index (κ3) is 7.50. The van der Waals surface area contributed by atoms with Gasteiger partial charge in [-0.1, -0.05) is 5.92 Å². The second kappa shape index (κ2) is 10.4. The Bertz CT molecular complexity index is 1220. The third-order valence-corrected chi connectivity index (χ3v) is 4.61. The highest BCUT2D eigenvalue weighted by atomic mass is 32.2. The van der Waals surface area contributed by atoms with Gasteiger partial charge in [-0.25, -0.2) is 17.8 Å². The Labute approximate surface area is 188 Å². The summed E-state index contributed by atoms with van der Waals surface area (Å²) in [6.07, 6.45) is 3.93. The van der Waals surface area contributed by atoms with Crippen LogP contribution in [0.3, 0.4) is 0 Å². The summed E-state index contributed by atoms with van der Waals surface area (Å²) >= 11 is 0. The van der Waals surface area contributed by atoms with E-state index in [1.54, 1.807) is 6.92 Å². The molecule has 0 spiro atoms. The quantitative estimate of drug-likeness (QED) is 0.303. The maximum atomic E-state index is 14.3. The maximum Gasteiger partial charge on any atom is 0.433 e. The van der Waals surface area contributed by atoms with Crippen molar-refractivity contribution in [2.24, 2.45) is 0 Å². The van der Waals surface area contributed by atoms with Crippen LogP contribution in [0, 0.1) is 18.2 Å². The Morgan fingerprint density at radius 1 is 1.27 bits per heavy atom. The average Bonchev–Trinajstić information content (AvgIpc) is 2.71. The van der Waals surface area contributed by atoms with E-state index >= 15 is 0 Å². The molecule has 0 fully saturated rings. The van der Waals surface area contributed by atoms with E-state index in [2.05, 4.69) is 21.5 Å². The van der Waals surface area contributed by atoms with Crippen molar-refractivity contribution < 1.29 is 30.8 Å². The Hall–Kier alpha value is -3.59. The Balaban J connectivity index is 2.15. The van der Waals surface area contributed by atoms with Crippen LogP contribution in [0.1, 0.15) is 29.3 Å². The molecule has 1 aromatic carbocycles. The molecule has 176 valence electrons. The van der Waals surface area contributed by atoms with Crippen LogP contribution >= 0.6 is 0 Å². The van der Waals surface area contributed by atoms with E-state index in [9.17, 15) is 30.8 Å². The SMILES string of the molecule is C#Cc1cc(CNC(=O)C=Cc2ccc(C(F)(F)F)nc2NCC)cc(F)c1NS(C)(=O)=O. The van der Waals surface area contributed by atoms with Crippen LogP contribution in [-0.4, -0.2) is 32.1 Å². The summed E-state index contributed by atoms with van der Waals surface area (Å²) in [6.45, 7) is 1.86. The Kier molecular flexibility index (Phi) is 8.05. The fraction of sp³-hybridized carbons (Fsp3) is 0.238. The topological polar surface area (TPSA) is 100 Å². The number of terminal acetylenes is 1. The number of benzene rings is 1. The Morgan fingerprint density at radius 2 is 1.97 bits per heavy atom. The number of anilines is 2. The summed E-state index contributed by atoms with van der Waals surface area (Å²) in [6, 6.07) is 4.33. The maximum absolute atomic E-state index is 14.3. The summed E-state index contributed by atoms with van der Waals surface area (Å²) in [7, 11) is -3.76. The molecule has 7 nitrogen and oxygen atoms in total. The van der Waals surface area contributed by atoms with Crippen molar-refractivity contribution >= 4 is 33.5 Å². The highest BCUT2D eigenvalue weighted by Crippen LogP contribution is 2.30. The summed E-state index contributed by atoms with van der Waals surface area (Å²) in [5.41, 5.74) is -0.963. The number of amides is 1. The number of halogens is 4. The highest BCUT2D eigenvalue weighted by Gasteiger charge is 2.32. The monoisotopic (exact) mass is 484 g/mol. The van der Waals surface area contributed by atoms with E-state index in [1.165, 1.54) is 18.2 Å². The van der Waals surface area contributed by atoms with Crippen molar-refractivity contribution in [3.05, 3.63) is 58.5 Å². The first-order chi connectivity index (χ1) is 15.3. The molecule has 2 aromatic rings. The van der Waals surface area contributed by atoms with Gasteiger partial charge in [-0.3, -0.25) is 9.52 Å². The van der Waals surface area contributed by atoms with Gasteiger partial charge in [0.25, 0.3) is 0 Å². The predicted octanol–water partition coefficient (Wildman–Crippen LogP) is 3.35. The van der Waals surface area contributed by atoms with Gasteiger partial charge in [-0.2, -0.15) is 13.2 Å². The van der Waals surface area contributed by atoms with Crippen LogP contribution in [0.2, 0.25) is 0 Å². The van der Waals surface area contributed by atoms with Crippen molar-refractivity contribution in [3.63, 3.8) is 0 Å². The van der Waals surface area contributed by atoms with Gasteiger partial charge in [-0.15, -0.1) is 6.42 Å². The molecule has 0 aliphatic heterocycles. The van der Waals surface area contributed by atoms with E-state index in [-0.39, 0.29) is 34.7 Å². The first-order valence-electron chi connectivity index (χ1n) is 9.39. The minimum absolute atomic E-state index is 0.0360. The van der Waals surface area contributed by atoms with Gasteiger partial charge in [-0.05, 0) is 42.8 Å². The van der Waals surface area contributed by atoms with Crippen LogP contribution in [0.4, 0.5) is 29.1 Å². The molecular formula is C21H20F4N4O3S. The van der Waals surface area contributed by atoms with Gasteiger partial charge in [0.1, 0.15) is 17.3 Å². The zero-order valence-corrected chi connectivity index (χ0v) is 18.4. The number of hydrogen-bond acceptors (Lipinski definition) is 5. The largest absolute Gasteiger partial charge is 0.433 e. The molecule has 3 N–H and O–H groups in total. The molecule has 33 heavy (non-hydrogen) atoms. The van der Waals surface area contributed by atoms with Gasteiger partial charge in [0.2, 0.25) is 15.9 Å². The zero-order chi connectivity index (χ0) is 24.8. The number of hydrogen-bond donors (Lipinski definition) is 3. The number of rotatable bonds is 8. The molecule has 0 saturated heterocycles. The lowest BCUT2D eigenvalue weighted by Gasteiger charge is -2.12. The second-order valence-corrected chi connectivity index (χ2v) is 8.48. The molecule has 0 radical (unpaired) electrons. The summed E-state index contributed by atoms with van der Waals surface area (Å²) in [4.78, 5) is 15.7. The molecule has 0 bridgehead atoms. The molecule has 1 heterocycles. The molecule has 0 saturated carbocycles.